The van der Waals surface area contributed by atoms with Crippen molar-refractivity contribution in [3.8, 4) is 0 Å². The summed E-state index contributed by atoms with van der Waals surface area (Å²) in [5.41, 5.74) is 1.47. The van der Waals surface area contributed by atoms with Crippen LogP contribution in [0.15, 0.2) is 24.3 Å². The maximum absolute atomic E-state index is 12.5. The summed E-state index contributed by atoms with van der Waals surface area (Å²) >= 11 is 6.00. The highest BCUT2D eigenvalue weighted by molar-refractivity contribution is 6.30. The molecule has 1 N–H and O–H groups in total. The number of nitrogens with one attached hydrogen (secondary N) is 1. The van der Waals surface area contributed by atoms with E-state index < -0.39 is 0 Å². The second kappa shape index (κ2) is 5.56. The highest BCUT2D eigenvalue weighted by Crippen LogP contribution is 2.58. The predicted octanol–water partition coefficient (Wildman–Crippen LogP) is 5.07. The molecule has 0 aliphatic heterocycles. The molecule has 0 radical (unpaired) electrons. The molecule has 118 valence electrons. The van der Waals surface area contributed by atoms with Gasteiger partial charge in [0.2, 0.25) is 0 Å². The minimum absolute atomic E-state index is 0.221. The van der Waals surface area contributed by atoms with Crippen LogP contribution in [0.5, 0.6) is 0 Å². The topological polar surface area (TPSA) is 29.1 Å². The average Bonchev–Trinajstić information content (AvgIpc) is 2.54. The van der Waals surface area contributed by atoms with E-state index in [9.17, 15) is 4.79 Å². The van der Waals surface area contributed by atoms with Crippen LogP contribution in [0.25, 0.3) is 0 Å². The van der Waals surface area contributed by atoms with Gasteiger partial charge >= 0.3 is 0 Å². The van der Waals surface area contributed by atoms with E-state index in [1.165, 1.54) is 38.5 Å². The third-order valence-electron chi connectivity index (χ3n) is 6.47. The number of benzene rings is 1. The molecule has 0 heterocycles. The van der Waals surface area contributed by atoms with Crippen molar-refractivity contribution in [2.24, 2.45) is 17.3 Å². The molecule has 1 aromatic carbocycles. The number of rotatable bonds is 2. The molecule has 2 bridgehead atoms. The SMILES string of the molecule is O=C1C[C@@H]2CC[C@H]1[C@H](Nc1ccc(Cl)cc1)C21CCCCC1. The Kier molecular flexibility index (Phi) is 3.68. The largest absolute Gasteiger partial charge is 0.381 e. The summed E-state index contributed by atoms with van der Waals surface area (Å²) in [5.74, 6) is 1.33. The Balaban J connectivity index is 1.66. The maximum Gasteiger partial charge on any atom is 0.138 e. The molecular weight excluding hydrogens is 294 g/mol. The Morgan fingerprint density at radius 3 is 2.45 bits per heavy atom. The van der Waals surface area contributed by atoms with E-state index >= 15 is 0 Å². The van der Waals surface area contributed by atoms with Gasteiger partial charge in [0.25, 0.3) is 0 Å². The van der Waals surface area contributed by atoms with Crippen molar-refractivity contribution in [2.75, 3.05) is 5.32 Å². The first-order chi connectivity index (χ1) is 10.7. The number of anilines is 1. The van der Waals surface area contributed by atoms with Gasteiger partial charge < -0.3 is 5.32 Å². The van der Waals surface area contributed by atoms with Gasteiger partial charge in [-0.2, -0.15) is 0 Å². The quantitative estimate of drug-likeness (QED) is 0.825. The molecule has 0 unspecified atom stereocenters. The summed E-state index contributed by atoms with van der Waals surface area (Å²) in [7, 11) is 0. The summed E-state index contributed by atoms with van der Waals surface area (Å²) < 4.78 is 0. The van der Waals surface area contributed by atoms with Crippen molar-refractivity contribution in [1.82, 2.24) is 0 Å². The van der Waals surface area contributed by atoms with Gasteiger partial charge in [-0.05, 0) is 61.3 Å². The molecule has 0 saturated heterocycles. The predicted molar refractivity (Wildman–Crippen MR) is 90.2 cm³/mol. The summed E-state index contributed by atoms with van der Waals surface area (Å²) in [6, 6.07) is 8.28. The standard InChI is InChI=1S/C19H24ClNO/c20-14-5-7-15(8-6-14)21-18-16-9-4-13(12-17(16)22)19(18)10-2-1-3-11-19/h5-8,13,16,18,21H,1-4,9-12H2/t13-,16+,18-/m0/s1. The molecule has 1 spiro atoms. The molecule has 22 heavy (non-hydrogen) atoms. The summed E-state index contributed by atoms with van der Waals surface area (Å²) in [5, 5.41) is 4.51. The van der Waals surface area contributed by atoms with E-state index in [2.05, 4.69) is 5.32 Å². The van der Waals surface area contributed by atoms with Crippen molar-refractivity contribution in [3.05, 3.63) is 29.3 Å². The number of hydrogen-bond acceptors (Lipinski definition) is 2. The fourth-order valence-electron chi connectivity index (χ4n) is 5.44. The lowest BCUT2D eigenvalue weighted by Crippen LogP contribution is -2.60. The lowest BCUT2D eigenvalue weighted by atomic mass is 9.48. The minimum atomic E-state index is 0.221. The lowest BCUT2D eigenvalue weighted by Gasteiger charge is -2.58. The molecule has 2 nitrogen and oxygen atoms in total. The second-order valence-electron chi connectivity index (χ2n) is 7.47. The average molecular weight is 318 g/mol. The Bertz CT molecular complexity index is 561. The van der Waals surface area contributed by atoms with Gasteiger partial charge in [-0.3, -0.25) is 4.79 Å². The summed E-state index contributed by atoms with van der Waals surface area (Å²) in [6.45, 7) is 0. The molecule has 4 fully saturated rings. The second-order valence-corrected chi connectivity index (χ2v) is 7.91. The van der Waals surface area contributed by atoms with E-state index in [1.807, 2.05) is 24.3 Å². The van der Waals surface area contributed by atoms with Crippen LogP contribution in [0, 0.1) is 17.3 Å². The number of halogens is 1. The summed E-state index contributed by atoms with van der Waals surface area (Å²) in [6.07, 6.45) is 9.79. The van der Waals surface area contributed by atoms with Crippen LogP contribution in [-0.4, -0.2) is 11.8 Å². The van der Waals surface area contributed by atoms with Crippen LogP contribution < -0.4 is 5.32 Å². The van der Waals surface area contributed by atoms with E-state index in [1.54, 1.807) is 0 Å². The van der Waals surface area contributed by atoms with Crippen molar-refractivity contribution >= 4 is 23.1 Å². The Morgan fingerprint density at radius 1 is 1.05 bits per heavy atom. The van der Waals surface area contributed by atoms with E-state index in [0.717, 1.165) is 23.6 Å². The zero-order valence-electron chi connectivity index (χ0n) is 13.0. The molecule has 4 aliphatic carbocycles. The van der Waals surface area contributed by atoms with Crippen LogP contribution in [0.4, 0.5) is 5.69 Å². The molecule has 3 atom stereocenters. The van der Waals surface area contributed by atoms with Gasteiger partial charge in [0, 0.05) is 29.1 Å². The number of Topliss-reactive ketones (excluding diaryl/α,β-unsaturated/α-hetero) is 1. The van der Waals surface area contributed by atoms with Gasteiger partial charge in [-0.1, -0.05) is 30.9 Å². The lowest BCUT2D eigenvalue weighted by molar-refractivity contribution is -0.140. The summed E-state index contributed by atoms with van der Waals surface area (Å²) in [4.78, 5) is 12.5. The van der Waals surface area contributed by atoms with Crippen LogP contribution >= 0.6 is 11.6 Å². The zero-order valence-corrected chi connectivity index (χ0v) is 13.7. The van der Waals surface area contributed by atoms with Crippen LogP contribution in [-0.2, 0) is 4.79 Å². The molecule has 4 saturated carbocycles. The third kappa shape index (κ3) is 2.27. The maximum atomic E-state index is 12.5. The fourth-order valence-corrected chi connectivity index (χ4v) is 5.56. The number of carbonyl (C=O) groups excluding carboxylic acids is 1. The first-order valence-corrected chi connectivity index (χ1v) is 9.12. The van der Waals surface area contributed by atoms with Crippen LogP contribution in [0.3, 0.4) is 0 Å². The van der Waals surface area contributed by atoms with Crippen molar-refractivity contribution in [1.29, 1.82) is 0 Å². The van der Waals surface area contributed by atoms with Gasteiger partial charge in [0.15, 0.2) is 0 Å². The third-order valence-corrected chi connectivity index (χ3v) is 6.72. The number of fused-ring (bicyclic) bond motifs is 2. The molecular formula is C19H24ClNO. The van der Waals surface area contributed by atoms with Gasteiger partial charge in [-0.25, -0.2) is 0 Å². The zero-order chi connectivity index (χ0) is 15.2. The minimum Gasteiger partial charge on any atom is -0.381 e. The molecule has 0 amide bonds. The fraction of sp³-hybridized carbons (Fsp3) is 0.632. The smallest absolute Gasteiger partial charge is 0.138 e. The first kappa shape index (κ1) is 14.6. The molecule has 5 rings (SSSR count). The Morgan fingerprint density at radius 2 is 1.77 bits per heavy atom. The van der Waals surface area contributed by atoms with Gasteiger partial charge in [-0.15, -0.1) is 0 Å². The van der Waals surface area contributed by atoms with E-state index in [4.69, 9.17) is 11.6 Å². The van der Waals surface area contributed by atoms with E-state index in [-0.39, 0.29) is 5.92 Å². The number of carbonyl (C=O) groups is 1. The van der Waals surface area contributed by atoms with E-state index in [0.29, 0.717) is 23.2 Å². The monoisotopic (exact) mass is 317 g/mol. The van der Waals surface area contributed by atoms with Gasteiger partial charge in [0.05, 0.1) is 0 Å². The molecule has 0 aromatic heterocycles. The number of hydrogen-bond donors (Lipinski definition) is 1. The van der Waals surface area contributed by atoms with Crippen LogP contribution in [0.1, 0.15) is 51.4 Å². The highest BCUT2D eigenvalue weighted by atomic mass is 35.5. The molecule has 1 aromatic rings. The highest BCUT2D eigenvalue weighted by Gasteiger charge is 2.57. The van der Waals surface area contributed by atoms with Gasteiger partial charge in [0.1, 0.15) is 5.78 Å². The molecule has 3 heteroatoms. The Labute approximate surface area is 137 Å². The number of ketones is 1. The Hall–Kier alpha value is -1.02. The normalized spacial score (nSPS) is 33.1. The van der Waals surface area contributed by atoms with Crippen LogP contribution in [0.2, 0.25) is 5.02 Å². The van der Waals surface area contributed by atoms with Crippen molar-refractivity contribution < 1.29 is 4.79 Å². The van der Waals surface area contributed by atoms with Crippen molar-refractivity contribution in [3.63, 3.8) is 0 Å². The molecule has 4 aliphatic rings. The van der Waals surface area contributed by atoms with Crippen molar-refractivity contribution in [2.45, 2.75) is 57.4 Å². The first-order valence-electron chi connectivity index (χ1n) is 8.74.